The van der Waals surface area contributed by atoms with Crippen LogP contribution in [-0.2, 0) is 0 Å². The van der Waals surface area contributed by atoms with E-state index in [0.717, 1.165) is 6.20 Å². The summed E-state index contributed by atoms with van der Waals surface area (Å²) < 4.78 is 13.5. The molecular formula is C12H17ClFN3O2. The van der Waals surface area contributed by atoms with E-state index >= 15 is 0 Å². The number of aliphatic hydroxyl groups excluding tert-OH is 1. The molecule has 0 aliphatic rings. The summed E-state index contributed by atoms with van der Waals surface area (Å²) in [5.74, 6) is -1.53. The van der Waals surface area contributed by atoms with E-state index in [9.17, 15) is 14.3 Å². The lowest BCUT2D eigenvalue weighted by Gasteiger charge is -2.29. The zero-order chi connectivity index (χ0) is 14.8. The lowest BCUT2D eigenvalue weighted by molar-refractivity contribution is 0.0848. The SMILES string of the molecule is CC(C)(C)[C@@H](CO)NC(=O)c1cnc(Cl)c(F)c1N. The molecule has 0 fully saturated rings. The summed E-state index contributed by atoms with van der Waals surface area (Å²) in [5, 5.41) is 11.5. The second-order valence-electron chi connectivity index (χ2n) is 5.26. The largest absolute Gasteiger partial charge is 0.396 e. The first-order valence-electron chi connectivity index (χ1n) is 5.69. The van der Waals surface area contributed by atoms with Crippen molar-refractivity contribution in [2.75, 3.05) is 12.3 Å². The number of rotatable bonds is 3. The molecule has 1 aromatic rings. The van der Waals surface area contributed by atoms with Crippen molar-refractivity contribution in [3.8, 4) is 0 Å². The topological polar surface area (TPSA) is 88.2 Å². The molecule has 0 saturated heterocycles. The summed E-state index contributed by atoms with van der Waals surface area (Å²) in [6, 6.07) is -0.488. The molecule has 1 atom stereocenters. The molecule has 7 heteroatoms. The van der Waals surface area contributed by atoms with E-state index < -0.39 is 17.8 Å². The molecule has 0 radical (unpaired) electrons. The Balaban J connectivity index is 2.99. The summed E-state index contributed by atoms with van der Waals surface area (Å²) in [4.78, 5) is 15.5. The van der Waals surface area contributed by atoms with Gasteiger partial charge in [-0.15, -0.1) is 0 Å². The number of anilines is 1. The fourth-order valence-electron chi connectivity index (χ4n) is 1.43. The molecule has 0 spiro atoms. The third-order valence-electron chi connectivity index (χ3n) is 2.79. The average molecular weight is 290 g/mol. The second-order valence-corrected chi connectivity index (χ2v) is 5.62. The van der Waals surface area contributed by atoms with E-state index in [1.165, 1.54) is 0 Å². The molecule has 0 bridgehead atoms. The van der Waals surface area contributed by atoms with Gasteiger partial charge in [-0.3, -0.25) is 4.79 Å². The van der Waals surface area contributed by atoms with E-state index in [-0.39, 0.29) is 28.4 Å². The van der Waals surface area contributed by atoms with Crippen LogP contribution >= 0.6 is 11.6 Å². The van der Waals surface area contributed by atoms with Crippen LogP contribution in [0, 0.1) is 11.2 Å². The van der Waals surface area contributed by atoms with Crippen LogP contribution in [0.3, 0.4) is 0 Å². The quantitative estimate of drug-likeness (QED) is 0.737. The van der Waals surface area contributed by atoms with E-state index in [1.807, 2.05) is 20.8 Å². The van der Waals surface area contributed by atoms with Crippen LogP contribution in [-0.4, -0.2) is 28.6 Å². The van der Waals surface area contributed by atoms with Gasteiger partial charge in [-0.25, -0.2) is 9.37 Å². The number of aromatic nitrogens is 1. The van der Waals surface area contributed by atoms with Crippen molar-refractivity contribution < 1.29 is 14.3 Å². The highest BCUT2D eigenvalue weighted by Gasteiger charge is 2.27. The minimum absolute atomic E-state index is 0.107. The maximum atomic E-state index is 13.5. The highest BCUT2D eigenvalue weighted by molar-refractivity contribution is 6.30. The van der Waals surface area contributed by atoms with Crippen LogP contribution in [0.4, 0.5) is 10.1 Å². The highest BCUT2D eigenvalue weighted by atomic mass is 35.5. The van der Waals surface area contributed by atoms with Crippen LogP contribution in [0.1, 0.15) is 31.1 Å². The number of nitrogens with zero attached hydrogens (tertiary/aromatic N) is 1. The Morgan fingerprint density at radius 3 is 2.68 bits per heavy atom. The average Bonchev–Trinajstić information content (AvgIpc) is 2.31. The monoisotopic (exact) mass is 289 g/mol. The van der Waals surface area contributed by atoms with Crippen LogP contribution in [0.15, 0.2) is 6.20 Å². The molecule has 4 N–H and O–H groups in total. The van der Waals surface area contributed by atoms with Gasteiger partial charge in [0.1, 0.15) is 0 Å². The maximum absolute atomic E-state index is 13.5. The van der Waals surface area contributed by atoms with Gasteiger partial charge in [0, 0.05) is 6.20 Å². The van der Waals surface area contributed by atoms with Gasteiger partial charge in [-0.2, -0.15) is 0 Å². The number of pyridine rings is 1. The van der Waals surface area contributed by atoms with Gasteiger partial charge < -0.3 is 16.2 Å². The number of nitrogens with one attached hydrogen (secondary N) is 1. The fraction of sp³-hybridized carbons (Fsp3) is 0.500. The van der Waals surface area contributed by atoms with Crippen molar-refractivity contribution in [1.82, 2.24) is 10.3 Å². The molecule has 1 heterocycles. The first-order valence-corrected chi connectivity index (χ1v) is 6.07. The Bertz CT molecular complexity index is 489. The normalized spacial score (nSPS) is 13.2. The van der Waals surface area contributed by atoms with E-state index in [2.05, 4.69) is 10.3 Å². The first-order chi connectivity index (χ1) is 8.68. The smallest absolute Gasteiger partial charge is 0.255 e. The Hall–Kier alpha value is -1.40. The van der Waals surface area contributed by atoms with Gasteiger partial charge in [-0.1, -0.05) is 32.4 Å². The standard InChI is InChI=1S/C12H17ClFN3O2/c1-12(2,3)7(5-18)17-11(19)6-4-16-10(13)8(14)9(6)15/h4,7,18H,5H2,1-3H3,(H2,15,16)(H,17,19)/t7-/m1/s1. The van der Waals surface area contributed by atoms with Crippen molar-refractivity contribution >= 4 is 23.2 Å². The zero-order valence-corrected chi connectivity index (χ0v) is 11.8. The lowest BCUT2D eigenvalue weighted by atomic mass is 9.87. The first kappa shape index (κ1) is 15.7. The zero-order valence-electron chi connectivity index (χ0n) is 11.0. The fourth-order valence-corrected chi connectivity index (χ4v) is 1.58. The van der Waals surface area contributed by atoms with Crippen molar-refractivity contribution in [3.63, 3.8) is 0 Å². The molecule has 0 saturated carbocycles. The molecule has 1 aromatic heterocycles. The van der Waals surface area contributed by atoms with Crippen LogP contribution in [0.5, 0.6) is 0 Å². The number of aliphatic hydroxyl groups is 1. The number of carbonyl (C=O) groups is 1. The Labute approximate surface area is 116 Å². The number of hydrogen-bond donors (Lipinski definition) is 3. The van der Waals surface area contributed by atoms with Gasteiger partial charge in [0.2, 0.25) is 0 Å². The number of carbonyl (C=O) groups excluding carboxylic acids is 1. The van der Waals surface area contributed by atoms with E-state index in [4.69, 9.17) is 17.3 Å². The predicted molar refractivity (Wildman–Crippen MR) is 71.4 cm³/mol. The lowest BCUT2D eigenvalue weighted by Crippen LogP contribution is -2.46. The molecule has 106 valence electrons. The third-order valence-corrected chi connectivity index (χ3v) is 3.06. The van der Waals surface area contributed by atoms with Crippen molar-refractivity contribution in [1.29, 1.82) is 0 Å². The van der Waals surface area contributed by atoms with Crippen LogP contribution < -0.4 is 11.1 Å². The Morgan fingerprint density at radius 1 is 1.63 bits per heavy atom. The van der Waals surface area contributed by atoms with Crippen LogP contribution in [0.25, 0.3) is 0 Å². The summed E-state index contributed by atoms with van der Waals surface area (Å²) in [6.07, 6.45) is 1.10. The maximum Gasteiger partial charge on any atom is 0.255 e. The van der Waals surface area contributed by atoms with Gasteiger partial charge in [0.25, 0.3) is 5.91 Å². The Kier molecular flexibility index (Phi) is 4.70. The molecule has 1 rings (SSSR count). The summed E-state index contributed by atoms with van der Waals surface area (Å²) >= 11 is 5.46. The number of amides is 1. The molecule has 1 amide bonds. The minimum atomic E-state index is -0.925. The van der Waals surface area contributed by atoms with Crippen molar-refractivity contribution in [3.05, 3.63) is 22.7 Å². The molecule has 19 heavy (non-hydrogen) atoms. The number of hydrogen-bond acceptors (Lipinski definition) is 4. The van der Waals surface area contributed by atoms with Gasteiger partial charge in [0.05, 0.1) is 23.9 Å². The molecule has 0 unspecified atom stereocenters. The third kappa shape index (κ3) is 3.54. The van der Waals surface area contributed by atoms with Crippen molar-refractivity contribution in [2.45, 2.75) is 26.8 Å². The van der Waals surface area contributed by atoms with Gasteiger partial charge in [0.15, 0.2) is 11.0 Å². The Morgan fingerprint density at radius 2 is 2.21 bits per heavy atom. The number of nitrogens with two attached hydrogens (primary N) is 1. The molecule has 0 aliphatic carbocycles. The summed E-state index contributed by atoms with van der Waals surface area (Å²) in [7, 11) is 0. The number of nitrogen functional groups attached to an aromatic ring is 1. The minimum Gasteiger partial charge on any atom is -0.396 e. The molecule has 5 nitrogen and oxygen atoms in total. The predicted octanol–water partition coefficient (Wildman–Crippen LogP) is 1.59. The van der Waals surface area contributed by atoms with Gasteiger partial charge in [-0.05, 0) is 5.41 Å². The van der Waals surface area contributed by atoms with E-state index in [1.54, 1.807) is 0 Å². The second kappa shape index (κ2) is 5.71. The van der Waals surface area contributed by atoms with Gasteiger partial charge >= 0.3 is 0 Å². The molecular weight excluding hydrogens is 273 g/mol. The summed E-state index contributed by atoms with van der Waals surface area (Å²) in [6.45, 7) is 5.34. The van der Waals surface area contributed by atoms with Crippen LogP contribution in [0.2, 0.25) is 5.15 Å². The molecule has 0 aliphatic heterocycles. The number of halogens is 2. The summed E-state index contributed by atoms with van der Waals surface area (Å²) in [5.41, 5.74) is 4.67. The highest BCUT2D eigenvalue weighted by Crippen LogP contribution is 2.23. The molecule has 0 aromatic carbocycles. The van der Waals surface area contributed by atoms with E-state index in [0.29, 0.717) is 0 Å². The van der Waals surface area contributed by atoms with Crippen molar-refractivity contribution in [2.24, 2.45) is 5.41 Å².